The SMILES string of the molecule is CCN(CC)CCCOc1ccc(NC(=O)c2ccc(Cl)cc2Cl)cc1. The Balaban J connectivity index is 1.84. The molecule has 1 amide bonds. The molecule has 0 bridgehead atoms. The minimum absolute atomic E-state index is 0.278. The van der Waals surface area contributed by atoms with E-state index >= 15 is 0 Å². The Kier molecular flexibility index (Phi) is 8.23. The Labute approximate surface area is 165 Å². The second kappa shape index (κ2) is 10.4. The average molecular weight is 395 g/mol. The van der Waals surface area contributed by atoms with E-state index in [1.54, 1.807) is 30.3 Å². The summed E-state index contributed by atoms with van der Waals surface area (Å²) >= 11 is 11.9. The van der Waals surface area contributed by atoms with Crippen molar-refractivity contribution in [1.82, 2.24) is 4.90 Å². The Bertz CT molecular complexity index is 716. The lowest BCUT2D eigenvalue weighted by Gasteiger charge is -2.17. The van der Waals surface area contributed by atoms with E-state index in [2.05, 4.69) is 24.1 Å². The molecule has 140 valence electrons. The van der Waals surface area contributed by atoms with Gasteiger partial charge in [-0.1, -0.05) is 37.0 Å². The first-order valence-electron chi connectivity index (χ1n) is 8.75. The maximum Gasteiger partial charge on any atom is 0.257 e. The predicted molar refractivity (Wildman–Crippen MR) is 109 cm³/mol. The summed E-state index contributed by atoms with van der Waals surface area (Å²) in [6, 6.07) is 12.1. The van der Waals surface area contributed by atoms with Gasteiger partial charge in [0.25, 0.3) is 5.91 Å². The third kappa shape index (κ3) is 6.20. The lowest BCUT2D eigenvalue weighted by molar-refractivity contribution is 0.102. The second-order valence-electron chi connectivity index (χ2n) is 5.83. The summed E-state index contributed by atoms with van der Waals surface area (Å²) in [4.78, 5) is 14.7. The van der Waals surface area contributed by atoms with E-state index in [1.165, 1.54) is 0 Å². The Morgan fingerprint density at radius 1 is 1.08 bits per heavy atom. The number of ether oxygens (including phenoxy) is 1. The Hall–Kier alpha value is -1.75. The molecule has 2 aromatic rings. The van der Waals surface area contributed by atoms with Crippen molar-refractivity contribution in [2.75, 3.05) is 31.6 Å². The number of hydrogen-bond acceptors (Lipinski definition) is 3. The van der Waals surface area contributed by atoms with Gasteiger partial charge >= 0.3 is 0 Å². The van der Waals surface area contributed by atoms with Crippen molar-refractivity contribution in [3.63, 3.8) is 0 Å². The van der Waals surface area contributed by atoms with Crippen molar-refractivity contribution in [3.8, 4) is 5.75 Å². The Morgan fingerprint density at radius 2 is 1.77 bits per heavy atom. The lowest BCUT2D eigenvalue weighted by Crippen LogP contribution is -2.25. The summed E-state index contributed by atoms with van der Waals surface area (Å²) in [5.41, 5.74) is 1.06. The third-order valence-corrected chi connectivity index (χ3v) is 4.62. The molecule has 2 aromatic carbocycles. The van der Waals surface area contributed by atoms with Crippen LogP contribution in [0.3, 0.4) is 0 Å². The minimum Gasteiger partial charge on any atom is -0.494 e. The number of anilines is 1. The first-order chi connectivity index (χ1) is 12.5. The predicted octanol–water partition coefficient (Wildman–Crippen LogP) is 5.36. The number of benzene rings is 2. The maximum atomic E-state index is 12.3. The van der Waals surface area contributed by atoms with E-state index < -0.39 is 0 Å². The number of halogens is 2. The van der Waals surface area contributed by atoms with Gasteiger partial charge in [0.05, 0.1) is 17.2 Å². The molecule has 0 aliphatic rings. The zero-order valence-corrected chi connectivity index (χ0v) is 16.6. The molecule has 4 nitrogen and oxygen atoms in total. The molecule has 0 saturated heterocycles. The highest BCUT2D eigenvalue weighted by Gasteiger charge is 2.11. The van der Waals surface area contributed by atoms with Crippen LogP contribution in [0.1, 0.15) is 30.6 Å². The van der Waals surface area contributed by atoms with Crippen LogP contribution in [0.4, 0.5) is 5.69 Å². The van der Waals surface area contributed by atoms with Crippen molar-refractivity contribution < 1.29 is 9.53 Å². The minimum atomic E-state index is -0.278. The van der Waals surface area contributed by atoms with Gasteiger partial charge in [-0.2, -0.15) is 0 Å². The van der Waals surface area contributed by atoms with Gasteiger partial charge in [0.15, 0.2) is 0 Å². The fourth-order valence-electron chi connectivity index (χ4n) is 2.52. The van der Waals surface area contributed by atoms with Crippen LogP contribution in [0.15, 0.2) is 42.5 Å². The van der Waals surface area contributed by atoms with Crippen LogP contribution in [0.5, 0.6) is 5.75 Å². The molecule has 0 spiro atoms. The molecule has 0 unspecified atom stereocenters. The smallest absolute Gasteiger partial charge is 0.257 e. The molecular formula is C20H24Cl2N2O2. The fourth-order valence-corrected chi connectivity index (χ4v) is 3.02. The van der Waals surface area contributed by atoms with Crippen LogP contribution in [-0.4, -0.2) is 37.0 Å². The molecule has 0 aliphatic carbocycles. The topological polar surface area (TPSA) is 41.6 Å². The van der Waals surface area contributed by atoms with Gasteiger partial charge in [-0.05, 0) is 62.0 Å². The van der Waals surface area contributed by atoms with Crippen LogP contribution in [0.25, 0.3) is 0 Å². The van der Waals surface area contributed by atoms with Crippen molar-refractivity contribution in [2.24, 2.45) is 0 Å². The number of hydrogen-bond donors (Lipinski definition) is 1. The normalized spacial score (nSPS) is 10.8. The van der Waals surface area contributed by atoms with Crippen LogP contribution >= 0.6 is 23.2 Å². The molecule has 6 heteroatoms. The quantitative estimate of drug-likeness (QED) is 0.582. The number of nitrogens with one attached hydrogen (secondary N) is 1. The highest BCUT2D eigenvalue weighted by Crippen LogP contribution is 2.23. The molecule has 1 N–H and O–H groups in total. The van der Waals surface area contributed by atoms with Gasteiger partial charge in [0.2, 0.25) is 0 Å². The first-order valence-corrected chi connectivity index (χ1v) is 9.50. The zero-order chi connectivity index (χ0) is 18.9. The van der Waals surface area contributed by atoms with Gasteiger partial charge in [0, 0.05) is 17.3 Å². The zero-order valence-electron chi connectivity index (χ0n) is 15.1. The van der Waals surface area contributed by atoms with Crippen LogP contribution in [0.2, 0.25) is 10.0 Å². The summed E-state index contributed by atoms with van der Waals surface area (Å²) in [5, 5.41) is 3.63. The summed E-state index contributed by atoms with van der Waals surface area (Å²) in [6.45, 7) is 8.14. The summed E-state index contributed by atoms with van der Waals surface area (Å²) in [7, 11) is 0. The lowest BCUT2D eigenvalue weighted by atomic mass is 10.2. The standard InChI is InChI=1S/C20H24Cl2N2O2/c1-3-24(4-2)12-5-13-26-17-9-7-16(8-10-17)23-20(25)18-11-6-15(21)14-19(18)22/h6-11,14H,3-5,12-13H2,1-2H3,(H,23,25). The maximum absolute atomic E-state index is 12.3. The average Bonchev–Trinajstić information content (AvgIpc) is 2.63. The highest BCUT2D eigenvalue weighted by atomic mass is 35.5. The molecule has 0 heterocycles. The monoisotopic (exact) mass is 394 g/mol. The van der Waals surface area contributed by atoms with Gasteiger partial charge in [-0.15, -0.1) is 0 Å². The van der Waals surface area contributed by atoms with Crippen LogP contribution in [0, 0.1) is 0 Å². The van der Waals surface area contributed by atoms with Crippen molar-refractivity contribution in [3.05, 3.63) is 58.1 Å². The summed E-state index contributed by atoms with van der Waals surface area (Å²) < 4.78 is 5.75. The van der Waals surface area contributed by atoms with E-state index in [4.69, 9.17) is 27.9 Å². The highest BCUT2D eigenvalue weighted by molar-refractivity contribution is 6.37. The second-order valence-corrected chi connectivity index (χ2v) is 6.68. The largest absolute Gasteiger partial charge is 0.494 e. The Morgan fingerprint density at radius 3 is 2.38 bits per heavy atom. The van der Waals surface area contributed by atoms with E-state index in [-0.39, 0.29) is 5.91 Å². The first kappa shape index (κ1) is 20.6. The number of nitrogens with zero attached hydrogens (tertiary/aromatic N) is 1. The molecule has 0 atom stereocenters. The molecule has 26 heavy (non-hydrogen) atoms. The van der Waals surface area contributed by atoms with E-state index in [9.17, 15) is 4.79 Å². The molecule has 0 aliphatic heterocycles. The molecule has 0 saturated carbocycles. The molecule has 0 aromatic heterocycles. The number of carbonyl (C=O) groups is 1. The van der Waals surface area contributed by atoms with Gasteiger partial charge < -0.3 is 15.0 Å². The van der Waals surface area contributed by atoms with Crippen molar-refractivity contribution in [2.45, 2.75) is 20.3 Å². The van der Waals surface area contributed by atoms with Gasteiger partial charge in [-0.3, -0.25) is 4.79 Å². The van der Waals surface area contributed by atoms with Gasteiger partial charge in [0.1, 0.15) is 5.75 Å². The van der Waals surface area contributed by atoms with Crippen LogP contribution in [-0.2, 0) is 0 Å². The summed E-state index contributed by atoms with van der Waals surface area (Å²) in [6.07, 6.45) is 0.981. The van der Waals surface area contributed by atoms with Crippen LogP contribution < -0.4 is 10.1 Å². The molecule has 0 radical (unpaired) electrons. The van der Waals surface area contributed by atoms with Crippen molar-refractivity contribution in [1.29, 1.82) is 0 Å². The van der Waals surface area contributed by atoms with Crippen molar-refractivity contribution >= 4 is 34.8 Å². The third-order valence-electron chi connectivity index (χ3n) is 4.07. The number of rotatable bonds is 9. The molecule has 2 rings (SSSR count). The van der Waals surface area contributed by atoms with Gasteiger partial charge in [-0.25, -0.2) is 0 Å². The summed E-state index contributed by atoms with van der Waals surface area (Å²) in [5.74, 6) is 0.506. The number of carbonyl (C=O) groups excluding carboxylic acids is 1. The van der Waals surface area contributed by atoms with E-state index in [0.29, 0.717) is 27.9 Å². The number of amides is 1. The van der Waals surface area contributed by atoms with E-state index in [0.717, 1.165) is 31.8 Å². The fraction of sp³-hybridized carbons (Fsp3) is 0.350. The molecular weight excluding hydrogens is 371 g/mol. The molecule has 0 fully saturated rings. The van der Waals surface area contributed by atoms with E-state index in [1.807, 2.05) is 12.1 Å².